The Hall–Kier alpha value is -4.81. The first-order valence-corrected chi connectivity index (χ1v) is 13.7. The second-order valence-corrected chi connectivity index (χ2v) is 10.6. The van der Waals surface area contributed by atoms with Gasteiger partial charge < -0.3 is 10.4 Å². The van der Waals surface area contributed by atoms with Gasteiger partial charge in [-0.15, -0.1) is 11.3 Å². The van der Waals surface area contributed by atoms with Crippen LogP contribution in [0, 0.1) is 5.82 Å². The molecule has 1 heterocycles. The number of hydrogen-bond donors (Lipinski definition) is 2. The van der Waals surface area contributed by atoms with Crippen molar-refractivity contribution >= 4 is 44.1 Å². The third-order valence-corrected chi connectivity index (χ3v) is 8.02. The molecule has 0 saturated heterocycles. The molecule has 0 bridgehead atoms. The van der Waals surface area contributed by atoms with E-state index in [1.54, 1.807) is 29.5 Å². The topological polar surface area (TPSA) is 66.4 Å². The summed E-state index contributed by atoms with van der Waals surface area (Å²) in [5, 5.41) is 16.6. The molecule has 6 heteroatoms. The minimum absolute atomic E-state index is 0.201. The van der Waals surface area contributed by atoms with E-state index < -0.39 is 5.97 Å². The SMILES string of the molecule is O=C(O)c1ccc(CNC(=O)c2cc(-c3ccccc3)cc3scc(Cc4ccc5c(F)cccc5c4)c23)cc1. The lowest BCUT2D eigenvalue weighted by atomic mass is 9.95. The van der Waals surface area contributed by atoms with Crippen LogP contribution in [0.2, 0.25) is 0 Å². The minimum Gasteiger partial charge on any atom is -0.478 e. The van der Waals surface area contributed by atoms with E-state index in [9.17, 15) is 14.0 Å². The van der Waals surface area contributed by atoms with Crippen molar-refractivity contribution in [2.45, 2.75) is 13.0 Å². The van der Waals surface area contributed by atoms with Crippen molar-refractivity contribution in [3.8, 4) is 11.1 Å². The predicted octanol–water partition coefficient (Wildman–Crippen LogP) is 8.08. The molecule has 0 fully saturated rings. The highest BCUT2D eigenvalue weighted by Gasteiger charge is 2.18. The van der Waals surface area contributed by atoms with Gasteiger partial charge in [-0.2, -0.15) is 0 Å². The van der Waals surface area contributed by atoms with Crippen LogP contribution in [0.3, 0.4) is 0 Å². The number of fused-ring (bicyclic) bond motifs is 2. The van der Waals surface area contributed by atoms with Gasteiger partial charge in [0.1, 0.15) is 5.82 Å². The Bertz CT molecular complexity index is 1880. The Balaban J connectivity index is 1.37. The molecule has 0 aliphatic rings. The molecule has 4 nitrogen and oxygen atoms in total. The molecule has 40 heavy (non-hydrogen) atoms. The van der Waals surface area contributed by atoms with Gasteiger partial charge in [-0.05, 0) is 75.3 Å². The number of aromatic carboxylic acids is 1. The van der Waals surface area contributed by atoms with E-state index in [4.69, 9.17) is 5.11 Å². The molecule has 1 amide bonds. The summed E-state index contributed by atoms with van der Waals surface area (Å²) in [6, 6.07) is 31.3. The molecule has 5 aromatic carbocycles. The maximum Gasteiger partial charge on any atom is 0.335 e. The standard InChI is InChI=1S/C34H24FNO3S/c35-30-8-4-7-25-15-22(11-14-28(25)30)16-27-20-40-31-18-26(23-5-2-1-3-6-23)17-29(32(27)31)33(37)36-19-21-9-12-24(13-10-21)34(38)39/h1-15,17-18,20H,16,19H2,(H,36,37)(H,38,39). The number of nitrogens with one attached hydrogen (secondary N) is 1. The summed E-state index contributed by atoms with van der Waals surface area (Å²) in [5.74, 6) is -1.43. The Morgan fingerprint density at radius 1 is 0.800 bits per heavy atom. The fraction of sp³-hybridized carbons (Fsp3) is 0.0588. The van der Waals surface area contributed by atoms with E-state index in [1.807, 2.05) is 60.7 Å². The fourth-order valence-electron chi connectivity index (χ4n) is 5.01. The number of thiophene rings is 1. The normalized spacial score (nSPS) is 11.1. The smallest absolute Gasteiger partial charge is 0.335 e. The van der Waals surface area contributed by atoms with Crippen LogP contribution < -0.4 is 5.32 Å². The molecule has 0 aliphatic carbocycles. The Kier molecular flexibility index (Phi) is 6.84. The van der Waals surface area contributed by atoms with Crippen LogP contribution in [-0.4, -0.2) is 17.0 Å². The number of carbonyl (C=O) groups excluding carboxylic acids is 1. The van der Waals surface area contributed by atoms with Crippen molar-refractivity contribution in [3.05, 3.63) is 142 Å². The van der Waals surface area contributed by atoms with Crippen molar-refractivity contribution in [1.29, 1.82) is 0 Å². The van der Waals surface area contributed by atoms with Gasteiger partial charge in [0, 0.05) is 27.6 Å². The number of halogens is 1. The Morgan fingerprint density at radius 3 is 2.35 bits per heavy atom. The number of carbonyl (C=O) groups is 2. The first-order chi connectivity index (χ1) is 19.5. The second-order valence-electron chi connectivity index (χ2n) is 9.68. The zero-order valence-corrected chi connectivity index (χ0v) is 22.2. The lowest BCUT2D eigenvalue weighted by Gasteiger charge is -2.12. The van der Waals surface area contributed by atoms with E-state index in [2.05, 4.69) is 16.8 Å². The molecular weight excluding hydrogens is 521 g/mol. The van der Waals surface area contributed by atoms with Gasteiger partial charge in [0.15, 0.2) is 0 Å². The predicted molar refractivity (Wildman–Crippen MR) is 159 cm³/mol. The first kappa shape index (κ1) is 25.5. The molecule has 6 aromatic rings. The fourth-order valence-corrected chi connectivity index (χ4v) is 6.03. The van der Waals surface area contributed by atoms with E-state index >= 15 is 0 Å². The van der Waals surface area contributed by atoms with Gasteiger partial charge in [-0.25, -0.2) is 9.18 Å². The average molecular weight is 546 g/mol. The lowest BCUT2D eigenvalue weighted by molar-refractivity contribution is 0.0696. The molecule has 0 spiro atoms. The summed E-state index contributed by atoms with van der Waals surface area (Å²) in [4.78, 5) is 24.8. The largest absolute Gasteiger partial charge is 0.478 e. The van der Waals surface area contributed by atoms with Crippen molar-refractivity contribution in [2.75, 3.05) is 0 Å². The molecule has 0 aliphatic heterocycles. The van der Waals surface area contributed by atoms with E-state index in [1.165, 1.54) is 18.2 Å². The van der Waals surface area contributed by atoms with Gasteiger partial charge >= 0.3 is 5.97 Å². The highest BCUT2D eigenvalue weighted by Crippen LogP contribution is 2.36. The molecule has 2 N–H and O–H groups in total. The second kappa shape index (κ2) is 10.8. The van der Waals surface area contributed by atoms with E-state index in [0.717, 1.165) is 43.3 Å². The number of amides is 1. The third kappa shape index (κ3) is 5.09. The van der Waals surface area contributed by atoms with Crippen LogP contribution in [0.4, 0.5) is 4.39 Å². The van der Waals surface area contributed by atoms with Crippen molar-refractivity contribution in [1.82, 2.24) is 5.32 Å². The van der Waals surface area contributed by atoms with Gasteiger partial charge in [0.2, 0.25) is 0 Å². The molecule has 6 rings (SSSR count). The molecular formula is C34H24FNO3S. The average Bonchev–Trinajstić information content (AvgIpc) is 3.38. The quantitative estimate of drug-likeness (QED) is 0.213. The van der Waals surface area contributed by atoms with Gasteiger partial charge in [-0.3, -0.25) is 4.79 Å². The van der Waals surface area contributed by atoms with Gasteiger partial charge in [-0.1, -0.05) is 72.8 Å². The molecule has 0 radical (unpaired) electrons. The summed E-state index contributed by atoms with van der Waals surface area (Å²) in [6.45, 7) is 0.269. The first-order valence-electron chi connectivity index (χ1n) is 12.8. The molecule has 0 atom stereocenters. The summed E-state index contributed by atoms with van der Waals surface area (Å²) < 4.78 is 15.2. The monoisotopic (exact) mass is 545 g/mol. The number of benzene rings is 5. The van der Waals surface area contributed by atoms with Crippen LogP contribution >= 0.6 is 11.3 Å². The van der Waals surface area contributed by atoms with Gasteiger partial charge in [0.25, 0.3) is 5.91 Å². The Morgan fingerprint density at radius 2 is 1.57 bits per heavy atom. The summed E-state index contributed by atoms with van der Waals surface area (Å²) in [6.07, 6.45) is 0.605. The number of carboxylic acids is 1. The number of hydrogen-bond acceptors (Lipinski definition) is 3. The molecule has 1 aromatic heterocycles. The number of rotatable bonds is 7. The van der Waals surface area contributed by atoms with Crippen molar-refractivity contribution in [2.24, 2.45) is 0 Å². The maximum absolute atomic E-state index is 14.2. The highest BCUT2D eigenvalue weighted by molar-refractivity contribution is 7.17. The third-order valence-electron chi connectivity index (χ3n) is 7.04. The van der Waals surface area contributed by atoms with Crippen LogP contribution in [0.15, 0.2) is 109 Å². The van der Waals surface area contributed by atoms with Crippen LogP contribution in [0.1, 0.15) is 37.4 Å². The van der Waals surface area contributed by atoms with E-state index in [-0.39, 0.29) is 23.8 Å². The number of carboxylic acid groups (broad SMARTS) is 1. The van der Waals surface area contributed by atoms with E-state index in [0.29, 0.717) is 17.4 Å². The zero-order chi connectivity index (χ0) is 27.6. The molecule has 0 unspecified atom stereocenters. The van der Waals surface area contributed by atoms with Crippen LogP contribution in [0.25, 0.3) is 32.0 Å². The summed E-state index contributed by atoms with van der Waals surface area (Å²) in [5.41, 5.74) is 5.64. The van der Waals surface area contributed by atoms with Crippen molar-refractivity contribution < 1.29 is 19.1 Å². The zero-order valence-electron chi connectivity index (χ0n) is 21.4. The molecule has 0 saturated carbocycles. The highest BCUT2D eigenvalue weighted by atomic mass is 32.1. The minimum atomic E-state index is -0.989. The van der Waals surface area contributed by atoms with Gasteiger partial charge in [0.05, 0.1) is 5.56 Å². The summed E-state index contributed by atoms with van der Waals surface area (Å²) in [7, 11) is 0. The van der Waals surface area contributed by atoms with Crippen molar-refractivity contribution in [3.63, 3.8) is 0 Å². The lowest BCUT2D eigenvalue weighted by Crippen LogP contribution is -2.23. The maximum atomic E-state index is 14.2. The van der Waals surface area contributed by atoms with Crippen LogP contribution in [-0.2, 0) is 13.0 Å². The molecule has 196 valence electrons. The Labute approximate surface area is 234 Å². The van der Waals surface area contributed by atoms with Crippen LogP contribution in [0.5, 0.6) is 0 Å². The summed E-state index contributed by atoms with van der Waals surface area (Å²) >= 11 is 1.60.